The number of halogens is 1. The van der Waals surface area contributed by atoms with Crippen LogP contribution in [0, 0.1) is 0 Å². The van der Waals surface area contributed by atoms with Crippen molar-refractivity contribution in [1.29, 1.82) is 0 Å². The monoisotopic (exact) mass is 404 g/mol. The van der Waals surface area contributed by atoms with E-state index in [1.165, 1.54) is 15.5 Å². The molecular weight excluding hydrogens is 388 g/mol. The van der Waals surface area contributed by atoms with E-state index in [2.05, 4.69) is 15.9 Å². The van der Waals surface area contributed by atoms with Gasteiger partial charge in [-0.05, 0) is 54.0 Å². The number of aromatic nitrogens is 1. The lowest BCUT2D eigenvalue weighted by Crippen LogP contribution is -2.42. The second-order valence-electron chi connectivity index (χ2n) is 5.97. The first kappa shape index (κ1) is 17.4. The fraction of sp³-hybridized carbons (Fsp3) is 0.278. The van der Waals surface area contributed by atoms with Crippen molar-refractivity contribution >= 4 is 33.3 Å². The Kier molecular flexibility index (Phi) is 4.51. The number of anilines is 1. The van der Waals surface area contributed by atoms with Crippen LogP contribution in [0.5, 0.6) is 5.75 Å². The van der Waals surface area contributed by atoms with Crippen molar-refractivity contribution in [3.8, 4) is 5.75 Å². The Morgan fingerprint density at radius 2 is 1.96 bits per heavy atom. The number of ketones is 1. The van der Waals surface area contributed by atoms with Crippen molar-refractivity contribution in [3.05, 3.63) is 56.9 Å². The van der Waals surface area contributed by atoms with Crippen LogP contribution in [0.3, 0.4) is 0 Å². The Morgan fingerprint density at radius 1 is 1.24 bits per heavy atom. The number of pyridine rings is 1. The molecule has 3 rings (SSSR count). The van der Waals surface area contributed by atoms with Gasteiger partial charge in [-0.2, -0.15) is 0 Å². The fourth-order valence-electron chi connectivity index (χ4n) is 2.81. The number of rotatable bonds is 3. The molecule has 0 aliphatic carbocycles. The predicted octanol–water partition coefficient (Wildman–Crippen LogP) is 2.80. The van der Waals surface area contributed by atoms with Gasteiger partial charge in [-0.1, -0.05) is 0 Å². The van der Waals surface area contributed by atoms with Crippen LogP contribution >= 0.6 is 15.9 Å². The summed E-state index contributed by atoms with van der Waals surface area (Å²) in [5.74, 6) is 0.161. The second kappa shape index (κ2) is 6.48. The van der Waals surface area contributed by atoms with E-state index in [0.29, 0.717) is 21.5 Å². The highest BCUT2D eigenvalue weighted by atomic mass is 79.9. The Labute approximate surface area is 153 Å². The van der Waals surface area contributed by atoms with Crippen LogP contribution in [0.1, 0.15) is 30.2 Å². The van der Waals surface area contributed by atoms with Gasteiger partial charge in [0.15, 0.2) is 11.9 Å². The van der Waals surface area contributed by atoms with E-state index in [4.69, 9.17) is 4.74 Å². The van der Waals surface area contributed by atoms with Gasteiger partial charge >= 0.3 is 0 Å². The third-order valence-corrected chi connectivity index (χ3v) is 4.75. The number of carbonyl (C=O) groups is 2. The molecule has 0 radical (unpaired) electrons. The Morgan fingerprint density at radius 3 is 2.68 bits per heavy atom. The summed E-state index contributed by atoms with van der Waals surface area (Å²) < 4.78 is 7.65. The van der Waals surface area contributed by atoms with E-state index in [0.717, 1.165) is 0 Å². The number of Topliss-reactive ketones (excluding diaryl/α,β-unsaturated/α-hetero) is 1. The maximum absolute atomic E-state index is 12.8. The number of benzene rings is 1. The second-order valence-corrected chi connectivity index (χ2v) is 6.89. The summed E-state index contributed by atoms with van der Waals surface area (Å²) in [6.07, 6.45) is 1.03. The summed E-state index contributed by atoms with van der Waals surface area (Å²) in [7, 11) is 1.65. The number of hydrogen-bond donors (Lipinski definition) is 0. The summed E-state index contributed by atoms with van der Waals surface area (Å²) >= 11 is 3.31. The first-order chi connectivity index (χ1) is 11.8. The van der Waals surface area contributed by atoms with Crippen molar-refractivity contribution in [1.82, 2.24) is 4.57 Å². The summed E-state index contributed by atoms with van der Waals surface area (Å²) in [5.41, 5.74) is 0.699. The molecule has 1 aromatic carbocycles. The zero-order valence-electron chi connectivity index (χ0n) is 14.0. The van der Waals surface area contributed by atoms with Crippen LogP contribution in [-0.2, 0) is 4.79 Å². The number of ether oxygens (including phenoxy) is 1. The maximum atomic E-state index is 12.8. The molecule has 130 valence electrons. The van der Waals surface area contributed by atoms with Crippen molar-refractivity contribution < 1.29 is 14.3 Å². The molecule has 2 unspecified atom stereocenters. The highest BCUT2D eigenvalue weighted by Gasteiger charge is 2.30. The van der Waals surface area contributed by atoms with Crippen LogP contribution in [0.15, 0.2) is 45.8 Å². The molecule has 1 amide bonds. The quantitative estimate of drug-likeness (QED) is 0.737. The molecule has 2 heterocycles. The molecule has 25 heavy (non-hydrogen) atoms. The van der Waals surface area contributed by atoms with Crippen molar-refractivity contribution in [2.24, 2.45) is 0 Å². The van der Waals surface area contributed by atoms with E-state index in [-0.39, 0.29) is 17.2 Å². The van der Waals surface area contributed by atoms with Gasteiger partial charge in [-0.3, -0.25) is 14.4 Å². The van der Waals surface area contributed by atoms with Crippen LogP contribution in [-0.4, -0.2) is 29.4 Å². The molecule has 0 saturated carbocycles. The first-order valence-corrected chi connectivity index (χ1v) is 8.59. The molecule has 7 heteroatoms. The van der Waals surface area contributed by atoms with Gasteiger partial charge in [0.25, 0.3) is 11.5 Å². The number of likely N-dealkylation sites (N-methyl/N-ethyl adjacent to an activating group) is 1. The fourth-order valence-corrected chi connectivity index (χ4v) is 3.16. The first-order valence-electron chi connectivity index (χ1n) is 7.80. The van der Waals surface area contributed by atoms with E-state index in [1.54, 1.807) is 51.4 Å². The largest absolute Gasteiger partial charge is 0.479 e. The van der Waals surface area contributed by atoms with E-state index >= 15 is 0 Å². The molecule has 0 bridgehead atoms. The van der Waals surface area contributed by atoms with Crippen LogP contribution < -0.4 is 15.2 Å². The summed E-state index contributed by atoms with van der Waals surface area (Å²) in [6.45, 7) is 3.35. The maximum Gasteiger partial charge on any atom is 0.267 e. The van der Waals surface area contributed by atoms with Crippen LogP contribution in [0.4, 0.5) is 5.69 Å². The number of nitrogens with zero attached hydrogens (tertiary/aromatic N) is 2. The minimum Gasteiger partial charge on any atom is -0.479 e. The zero-order valence-corrected chi connectivity index (χ0v) is 15.6. The van der Waals surface area contributed by atoms with Crippen LogP contribution in [0.2, 0.25) is 0 Å². The highest BCUT2D eigenvalue weighted by molar-refractivity contribution is 9.10. The van der Waals surface area contributed by atoms with Gasteiger partial charge in [-0.15, -0.1) is 0 Å². The highest BCUT2D eigenvalue weighted by Crippen LogP contribution is 2.34. The average molecular weight is 405 g/mol. The number of amides is 1. The lowest BCUT2D eigenvalue weighted by molar-refractivity contribution is -0.125. The molecule has 2 aromatic rings. The minimum atomic E-state index is -0.674. The van der Waals surface area contributed by atoms with Gasteiger partial charge in [0, 0.05) is 29.3 Å². The smallest absolute Gasteiger partial charge is 0.267 e. The Balaban J connectivity index is 1.97. The minimum absolute atomic E-state index is 0.173. The number of hydrogen-bond acceptors (Lipinski definition) is 4. The lowest BCUT2D eigenvalue weighted by Gasteiger charge is -2.30. The Hall–Kier alpha value is -2.41. The van der Waals surface area contributed by atoms with Gasteiger partial charge in [-0.25, -0.2) is 0 Å². The number of carbonyl (C=O) groups excluding carboxylic acids is 2. The van der Waals surface area contributed by atoms with E-state index in [9.17, 15) is 14.4 Å². The Bertz CT molecular complexity index is 922. The zero-order chi connectivity index (χ0) is 18.3. The van der Waals surface area contributed by atoms with Gasteiger partial charge in [0.2, 0.25) is 0 Å². The average Bonchev–Trinajstić information content (AvgIpc) is 2.60. The molecule has 1 aromatic heterocycles. The van der Waals surface area contributed by atoms with Crippen molar-refractivity contribution in [3.63, 3.8) is 0 Å². The molecule has 0 saturated heterocycles. The summed E-state index contributed by atoms with van der Waals surface area (Å²) in [4.78, 5) is 38.4. The van der Waals surface area contributed by atoms with Gasteiger partial charge < -0.3 is 14.2 Å². The van der Waals surface area contributed by atoms with Gasteiger partial charge in [0.1, 0.15) is 5.75 Å². The molecule has 6 nitrogen and oxygen atoms in total. The van der Waals surface area contributed by atoms with Gasteiger partial charge in [0.05, 0.1) is 11.7 Å². The van der Waals surface area contributed by atoms with Crippen molar-refractivity contribution in [2.45, 2.75) is 26.0 Å². The van der Waals surface area contributed by atoms with Crippen LogP contribution in [0.25, 0.3) is 0 Å². The molecule has 0 spiro atoms. The SMILES string of the molecule is CC1Oc2ccc(C(=O)C(C)n3cc(Br)ccc3=O)cc2N(C)C1=O. The molecule has 1 aliphatic heterocycles. The number of fused-ring (bicyclic) bond motifs is 1. The standard InChI is InChI=1S/C18H17BrN2O4/c1-10(21-9-13(19)5-7-16(21)22)17(23)12-4-6-15-14(8-12)20(3)18(24)11(2)25-15/h4-11H,1-3H3. The third kappa shape index (κ3) is 3.11. The lowest BCUT2D eigenvalue weighted by atomic mass is 10.0. The topological polar surface area (TPSA) is 68.6 Å². The predicted molar refractivity (Wildman–Crippen MR) is 97.4 cm³/mol. The third-order valence-electron chi connectivity index (χ3n) is 4.29. The summed E-state index contributed by atoms with van der Waals surface area (Å²) in [5, 5.41) is 0. The molecule has 1 aliphatic rings. The van der Waals surface area contributed by atoms with E-state index < -0.39 is 12.1 Å². The van der Waals surface area contributed by atoms with Crippen molar-refractivity contribution in [2.75, 3.05) is 11.9 Å². The summed E-state index contributed by atoms with van der Waals surface area (Å²) in [6, 6.07) is 7.32. The molecule has 0 fully saturated rings. The molecular formula is C18H17BrN2O4. The van der Waals surface area contributed by atoms with E-state index in [1.807, 2.05) is 0 Å². The molecule has 0 N–H and O–H groups in total. The normalized spacial score (nSPS) is 17.7. The molecule has 2 atom stereocenters.